The Hall–Kier alpha value is -3.83. The van der Waals surface area contributed by atoms with Gasteiger partial charge in [-0.2, -0.15) is 5.26 Å². The quantitative estimate of drug-likeness (QED) is 0.640. The smallest absolute Gasteiger partial charge is 0.248 e. The van der Waals surface area contributed by atoms with Crippen LogP contribution in [0.3, 0.4) is 0 Å². The number of aliphatic hydroxyl groups excluding tert-OH is 1. The van der Waals surface area contributed by atoms with E-state index in [2.05, 4.69) is 21.0 Å². The standard InChI is InChI=1S/C24H23N5O3/c1-16-10-17(4-7-26-16)11-23-27-8-5-21(28-23)18-2-3-22(19(12-18)13-25)32-20-6-9-29(14-20)24(31)15-30/h2-5,7-8,10,12,20,30H,6,9,11,14-15H2,1H3/t20-/m1/s1. The van der Waals surface area contributed by atoms with E-state index in [1.165, 1.54) is 0 Å². The maximum absolute atomic E-state index is 11.6. The van der Waals surface area contributed by atoms with Crippen molar-refractivity contribution in [3.8, 4) is 23.1 Å². The Kier molecular flexibility index (Phi) is 6.38. The number of aromatic nitrogens is 3. The minimum atomic E-state index is -0.507. The predicted octanol–water partition coefficient (Wildman–Crippen LogP) is 2.28. The van der Waals surface area contributed by atoms with Crippen molar-refractivity contribution < 1.29 is 14.6 Å². The molecule has 8 heteroatoms. The monoisotopic (exact) mass is 429 g/mol. The van der Waals surface area contributed by atoms with Crippen LogP contribution in [0.5, 0.6) is 5.75 Å². The number of aryl methyl sites for hydroxylation is 1. The summed E-state index contributed by atoms with van der Waals surface area (Å²) >= 11 is 0. The number of likely N-dealkylation sites (tertiary alicyclic amines) is 1. The summed E-state index contributed by atoms with van der Waals surface area (Å²) in [5.41, 5.74) is 3.95. The summed E-state index contributed by atoms with van der Waals surface area (Å²) in [5.74, 6) is 0.848. The van der Waals surface area contributed by atoms with E-state index in [1.807, 2.05) is 31.2 Å². The molecule has 0 bridgehead atoms. The molecule has 3 aromatic rings. The summed E-state index contributed by atoms with van der Waals surface area (Å²) in [7, 11) is 0. The highest BCUT2D eigenvalue weighted by molar-refractivity contribution is 5.77. The average Bonchev–Trinajstić information content (AvgIpc) is 3.27. The fraction of sp³-hybridized carbons (Fsp3) is 0.292. The molecule has 32 heavy (non-hydrogen) atoms. The van der Waals surface area contributed by atoms with Gasteiger partial charge in [-0.25, -0.2) is 9.97 Å². The first kappa shape index (κ1) is 21.4. The van der Waals surface area contributed by atoms with E-state index in [0.717, 1.165) is 22.5 Å². The highest BCUT2D eigenvalue weighted by Crippen LogP contribution is 2.27. The number of ether oxygens (including phenoxy) is 1. The molecule has 1 fully saturated rings. The summed E-state index contributed by atoms with van der Waals surface area (Å²) in [5, 5.41) is 18.7. The number of pyridine rings is 1. The van der Waals surface area contributed by atoms with Gasteiger partial charge in [0.05, 0.1) is 17.8 Å². The molecule has 2 aromatic heterocycles. The van der Waals surface area contributed by atoms with Crippen LogP contribution < -0.4 is 4.74 Å². The van der Waals surface area contributed by atoms with E-state index < -0.39 is 6.61 Å². The van der Waals surface area contributed by atoms with Gasteiger partial charge in [0.2, 0.25) is 5.91 Å². The Balaban J connectivity index is 1.51. The molecule has 1 aromatic carbocycles. The van der Waals surface area contributed by atoms with Gasteiger partial charge in [-0.3, -0.25) is 9.78 Å². The summed E-state index contributed by atoms with van der Waals surface area (Å²) in [6, 6.07) is 13.3. The molecule has 1 atom stereocenters. The van der Waals surface area contributed by atoms with Crippen molar-refractivity contribution in [2.24, 2.45) is 0 Å². The zero-order chi connectivity index (χ0) is 22.5. The third-order valence-electron chi connectivity index (χ3n) is 5.35. The van der Waals surface area contributed by atoms with Crippen molar-refractivity contribution in [1.29, 1.82) is 5.26 Å². The topological polar surface area (TPSA) is 112 Å². The second-order valence-corrected chi connectivity index (χ2v) is 7.69. The Morgan fingerprint density at radius 2 is 2.09 bits per heavy atom. The largest absolute Gasteiger partial charge is 0.487 e. The third-order valence-corrected chi connectivity index (χ3v) is 5.35. The maximum Gasteiger partial charge on any atom is 0.248 e. The minimum absolute atomic E-state index is 0.210. The lowest BCUT2D eigenvalue weighted by Crippen LogP contribution is -2.32. The molecule has 0 radical (unpaired) electrons. The molecular weight excluding hydrogens is 406 g/mol. The zero-order valence-electron chi connectivity index (χ0n) is 17.7. The van der Waals surface area contributed by atoms with Gasteiger partial charge in [0.25, 0.3) is 0 Å². The molecule has 3 heterocycles. The number of carbonyl (C=O) groups excluding carboxylic acids is 1. The van der Waals surface area contributed by atoms with Crippen molar-refractivity contribution >= 4 is 5.91 Å². The van der Waals surface area contributed by atoms with Crippen LogP contribution in [0, 0.1) is 18.3 Å². The summed E-state index contributed by atoms with van der Waals surface area (Å²) in [6.07, 6.45) is 4.53. The predicted molar refractivity (Wildman–Crippen MR) is 117 cm³/mol. The van der Waals surface area contributed by atoms with E-state index in [0.29, 0.717) is 43.1 Å². The number of amides is 1. The van der Waals surface area contributed by atoms with E-state index in [9.17, 15) is 10.1 Å². The Morgan fingerprint density at radius 3 is 2.88 bits per heavy atom. The number of aliphatic hydroxyl groups is 1. The van der Waals surface area contributed by atoms with E-state index in [-0.39, 0.29) is 12.0 Å². The summed E-state index contributed by atoms with van der Waals surface area (Å²) < 4.78 is 5.99. The average molecular weight is 429 g/mol. The number of carbonyl (C=O) groups is 1. The lowest BCUT2D eigenvalue weighted by atomic mass is 10.1. The van der Waals surface area contributed by atoms with Crippen LogP contribution in [0.1, 0.15) is 29.1 Å². The fourth-order valence-corrected chi connectivity index (χ4v) is 3.75. The Labute approximate surface area is 186 Å². The molecule has 162 valence electrons. The number of rotatable bonds is 6. The van der Waals surface area contributed by atoms with Gasteiger partial charge in [0, 0.05) is 43.0 Å². The Bertz CT molecular complexity index is 1170. The van der Waals surface area contributed by atoms with Gasteiger partial charge in [-0.15, -0.1) is 0 Å². The zero-order valence-corrected chi connectivity index (χ0v) is 17.7. The number of benzene rings is 1. The minimum Gasteiger partial charge on any atom is -0.487 e. The van der Waals surface area contributed by atoms with Gasteiger partial charge < -0.3 is 14.7 Å². The number of nitriles is 1. The van der Waals surface area contributed by atoms with Crippen LogP contribution in [0.2, 0.25) is 0 Å². The van der Waals surface area contributed by atoms with Gasteiger partial charge in [0.15, 0.2) is 0 Å². The van der Waals surface area contributed by atoms with Crippen molar-refractivity contribution in [2.75, 3.05) is 19.7 Å². The molecule has 0 unspecified atom stereocenters. The molecule has 4 rings (SSSR count). The lowest BCUT2D eigenvalue weighted by Gasteiger charge is -2.17. The van der Waals surface area contributed by atoms with E-state index in [1.54, 1.807) is 29.4 Å². The SMILES string of the molecule is Cc1cc(Cc2nccc(-c3ccc(O[C@@H]4CCN(C(=O)CO)C4)c(C#N)c3)n2)ccn1. The maximum atomic E-state index is 11.6. The first-order valence-electron chi connectivity index (χ1n) is 10.4. The summed E-state index contributed by atoms with van der Waals surface area (Å²) in [6.45, 7) is 2.37. The molecule has 1 aliphatic rings. The third kappa shape index (κ3) is 4.90. The molecule has 1 N–H and O–H groups in total. The van der Waals surface area contributed by atoms with Crippen LogP contribution in [-0.4, -0.2) is 56.7 Å². The molecule has 0 aliphatic carbocycles. The number of hydrogen-bond acceptors (Lipinski definition) is 7. The molecule has 0 spiro atoms. The van der Waals surface area contributed by atoms with Crippen molar-refractivity contribution in [1.82, 2.24) is 19.9 Å². The molecule has 0 saturated carbocycles. The van der Waals surface area contributed by atoms with Crippen molar-refractivity contribution in [2.45, 2.75) is 25.9 Å². The molecule has 1 aliphatic heterocycles. The van der Waals surface area contributed by atoms with Crippen LogP contribution >= 0.6 is 0 Å². The van der Waals surface area contributed by atoms with Crippen LogP contribution in [0.25, 0.3) is 11.3 Å². The fourth-order valence-electron chi connectivity index (χ4n) is 3.75. The first-order chi connectivity index (χ1) is 15.6. The van der Waals surface area contributed by atoms with E-state index in [4.69, 9.17) is 9.84 Å². The lowest BCUT2D eigenvalue weighted by molar-refractivity contribution is -0.133. The Morgan fingerprint density at radius 1 is 1.25 bits per heavy atom. The van der Waals surface area contributed by atoms with Crippen molar-refractivity contribution in [3.05, 3.63) is 71.4 Å². The second-order valence-electron chi connectivity index (χ2n) is 7.69. The highest BCUT2D eigenvalue weighted by Gasteiger charge is 2.27. The van der Waals surface area contributed by atoms with Crippen LogP contribution in [0.4, 0.5) is 0 Å². The normalized spacial score (nSPS) is 15.4. The molecular formula is C24H23N5O3. The van der Waals surface area contributed by atoms with Crippen molar-refractivity contribution in [3.63, 3.8) is 0 Å². The van der Waals surface area contributed by atoms with Gasteiger partial charge in [-0.1, -0.05) is 0 Å². The molecule has 1 amide bonds. The van der Waals surface area contributed by atoms with Gasteiger partial charge in [-0.05, 0) is 48.9 Å². The first-order valence-corrected chi connectivity index (χ1v) is 10.4. The number of nitrogens with zero attached hydrogens (tertiary/aromatic N) is 5. The summed E-state index contributed by atoms with van der Waals surface area (Å²) in [4.78, 5) is 26.5. The second kappa shape index (κ2) is 9.54. The van der Waals surface area contributed by atoms with Crippen LogP contribution in [-0.2, 0) is 11.2 Å². The van der Waals surface area contributed by atoms with Gasteiger partial charge in [0.1, 0.15) is 30.4 Å². The number of hydrogen-bond donors (Lipinski definition) is 1. The van der Waals surface area contributed by atoms with E-state index >= 15 is 0 Å². The van der Waals surface area contributed by atoms with Gasteiger partial charge >= 0.3 is 0 Å². The molecule has 1 saturated heterocycles. The highest BCUT2D eigenvalue weighted by atomic mass is 16.5. The molecule has 8 nitrogen and oxygen atoms in total. The van der Waals surface area contributed by atoms with Crippen LogP contribution in [0.15, 0.2) is 48.8 Å².